The number of benzene rings is 1. The first kappa shape index (κ1) is 13.5. The lowest BCUT2D eigenvalue weighted by molar-refractivity contribution is 0.0693. The minimum atomic E-state index is -1.33. The maximum absolute atomic E-state index is 12.1. The average molecular weight is 269 g/mol. The van der Waals surface area contributed by atoms with Gasteiger partial charge >= 0.3 is 5.97 Å². The summed E-state index contributed by atoms with van der Waals surface area (Å²) >= 11 is 0. The van der Waals surface area contributed by atoms with Gasteiger partial charge in [-0.05, 0) is 18.6 Å². The number of aromatic carboxylic acids is 1. The van der Waals surface area contributed by atoms with Gasteiger partial charge in [0.15, 0.2) is 6.04 Å². The summed E-state index contributed by atoms with van der Waals surface area (Å²) in [7, 11) is 0. The molecule has 0 fully saturated rings. The largest absolute Gasteiger partial charge is 0.477 e. The highest BCUT2D eigenvalue weighted by atomic mass is 16.4. The molecule has 0 amide bonds. The lowest BCUT2D eigenvalue weighted by atomic mass is 10.1. The molecule has 100 valence electrons. The van der Waals surface area contributed by atoms with Crippen LogP contribution in [0.2, 0.25) is 0 Å². The molecule has 0 saturated heterocycles. The van der Waals surface area contributed by atoms with Crippen molar-refractivity contribution in [1.29, 1.82) is 5.26 Å². The van der Waals surface area contributed by atoms with Crippen LogP contribution in [0.15, 0.2) is 41.2 Å². The maximum atomic E-state index is 12.1. The summed E-state index contributed by atoms with van der Waals surface area (Å²) in [6.45, 7) is 1.57. The highest BCUT2D eigenvalue weighted by Crippen LogP contribution is 2.15. The first-order chi connectivity index (χ1) is 9.54. The molecule has 0 radical (unpaired) electrons. The van der Waals surface area contributed by atoms with Gasteiger partial charge in [0.05, 0.1) is 11.8 Å². The molecule has 1 heterocycles. The summed E-state index contributed by atoms with van der Waals surface area (Å²) in [6, 6.07) is 10.8. The van der Waals surface area contributed by atoms with Gasteiger partial charge in [-0.2, -0.15) is 10.4 Å². The second-order valence-electron chi connectivity index (χ2n) is 4.20. The average Bonchev–Trinajstić information content (AvgIpc) is 2.44. The Bertz CT molecular complexity index is 744. The van der Waals surface area contributed by atoms with Crippen molar-refractivity contribution in [1.82, 2.24) is 9.78 Å². The first-order valence-corrected chi connectivity index (χ1v) is 5.83. The zero-order chi connectivity index (χ0) is 14.7. The molecule has 0 aliphatic rings. The predicted octanol–water partition coefficient (Wildman–Crippen LogP) is 1.36. The Balaban J connectivity index is 2.66. The van der Waals surface area contributed by atoms with Gasteiger partial charge in [0.1, 0.15) is 5.56 Å². The monoisotopic (exact) mass is 269 g/mol. The van der Waals surface area contributed by atoms with Crippen LogP contribution in [0.4, 0.5) is 0 Å². The molecule has 6 nitrogen and oxygen atoms in total. The maximum Gasteiger partial charge on any atom is 0.341 e. The summed E-state index contributed by atoms with van der Waals surface area (Å²) < 4.78 is 0.911. The van der Waals surface area contributed by atoms with Crippen molar-refractivity contribution in [2.45, 2.75) is 13.0 Å². The second kappa shape index (κ2) is 5.36. The van der Waals surface area contributed by atoms with Crippen LogP contribution < -0.4 is 5.56 Å². The van der Waals surface area contributed by atoms with Crippen LogP contribution in [0.1, 0.15) is 27.7 Å². The number of carboxylic acid groups (broad SMARTS) is 1. The van der Waals surface area contributed by atoms with E-state index in [2.05, 4.69) is 5.10 Å². The van der Waals surface area contributed by atoms with E-state index in [9.17, 15) is 14.9 Å². The Morgan fingerprint density at radius 3 is 2.60 bits per heavy atom. The predicted molar refractivity (Wildman–Crippen MR) is 70.4 cm³/mol. The quantitative estimate of drug-likeness (QED) is 0.907. The number of rotatable bonds is 3. The van der Waals surface area contributed by atoms with Crippen LogP contribution in [0.5, 0.6) is 0 Å². The number of hydrogen-bond donors (Lipinski definition) is 1. The Kier molecular flexibility index (Phi) is 3.62. The topological polar surface area (TPSA) is 96.0 Å². The molecule has 0 spiro atoms. The first-order valence-electron chi connectivity index (χ1n) is 5.83. The number of carbonyl (C=O) groups is 1. The van der Waals surface area contributed by atoms with Crippen LogP contribution in [-0.4, -0.2) is 20.9 Å². The highest BCUT2D eigenvalue weighted by Gasteiger charge is 2.20. The molecule has 1 N–H and O–H groups in total. The molecule has 1 atom stereocenters. The molecule has 0 unspecified atom stereocenters. The van der Waals surface area contributed by atoms with E-state index in [1.807, 2.05) is 6.07 Å². The Hall–Kier alpha value is -2.94. The van der Waals surface area contributed by atoms with E-state index in [1.54, 1.807) is 37.3 Å². The van der Waals surface area contributed by atoms with E-state index >= 15 is 0 Å². The van der Waals surface area contributed by atoms with Crippen LogP contribution in [0.3, 0.4) is 0 Å². The number of aryl methyl sites for hydroxylation is 1. The van der Waals surface area contributed by atoms with E-state index in [-0.39, 0.29) is 0 Å². The third kappa shape index (κ3) is 2.42. The molecular weight excluding hydrogens is 258 g/mol. The molecule has 1 aromatic heterocycles. The lowest BCUT2D eigenvalue weighted by Crippen LogP contribution is -2.32. The summed E-state index contributed by atoms with van der Waals surface area (Å²) in [4.78, 5) is 23.2. The van der Waals surface area contributed by atoms with Crippen molar-refractivity contribution in [2.24, 2.45) is 0 Å². The molecule has 0 bridgehead atoms. The summed E-state index contributed by atoms with van der Waals surface area (Å²) in [5, 5.41) is 22.3. The molecule has 20 heavy (non-hydrogen) atoms. The number of nitriles is 1. The van der Waals surface area contributed by atoms with Crippen molar-refractivity contribution in [2.75, 3.05) is 0 Å². The number of aromatic nitrogens is 2. The van der Waals surface area contributed by atoms with Crippen molar-refractivity contribution < 1.29 is 9.90 Å². The summed E-state index contributed by atoms with van der Waals surface area (Å²) in [5.41, 5.74) is -0.253. The van der Waals surface area contributed by atoms with Crippen LogP contribution >= 0.6 is 0 Å². The van der Waals surface area contributed by atoms with E-state index in [1.165, 1.54) is 6.07 Å². The highest BCUT2D eigenvalue weighted by molar-refractivity contribution is 5.87. The molecule has 6 heteroatoms. The van der Waals surface area contributed by atoms with Crippen LogP contribution in [0.25, 0.3) is 0 Å². The zero-order valence-electron chi connectivity index (χ0n) is 10.6. The van der Waals surface area contributed by atoms with E-state index in [0.29, 0.717) is 11.3 Å². The second-order valence-corrected chi connectivity index (χ2v) is 4.20. The molecule has 2 rings (SSSR count). The van der Waals surface area contributed by atoms with Crippen molar-refractivity contribution >= 4 is 5.97 Å². The van der Waals surface area contributed by atoms with Gasteiger partial charge in [-0.3, -0.25) is 4.79 Å². The van der Waals surface area contributed by atoms with E-state index in [4.69, 9.17) is 5.11 Å². The van der Waals surface area contributed by atoms with Crippen molar-refractivity contribution in [3.63, 3.8) is 0 Å². The Morgan fingerprint density at radius 1 is 1.40 bits per heavy atom. The Morgan fingerprint density at radius 2 is 2.05 bits per heavy atom. The molecule has 1 aromatic carbocycles. The van der Waals surface area contributed by atoms with Gasteiger partial charge in [0.25, 0.3) is 5.56 Å². The van der Waals surface area contributed by atoms with Crippen molar-refractivity contribution in [3.05, 3.63) is 63.6 Å². The fourth-order valence-electron chi connectivity index (χ4n) is 1.87. The van der Waals surface area contributed by atoms with Gasteiger partial charge in [-0.15, -0.1) is 0 Å². The van der Waals surface area contributed by atoms with Gasteiger partial charge in [-0.25, -0.2) is 9.48 Å². The molecule has 0 saturated carbocycles. The molecule has 0 aliphatic carbocycles. The Labute approximate surface area is 114 Å². The van der Waals surface area contributed by atoms with Gasteiger partial charge in [-0.1, -0.05) is 30.3 Å². The van der Waals surface area contributed by atoms with Gasteiger partial charge in [0.2, 0.25) is 0 Å². The third-order valence-corrected chi connectivity index (χ3v) is 2.77. The lowest BCUT2D eigenvalue weighted by Gasteiger charge is -2.13. The fraction of sp³-hybridized carbons (Fsp3) is 0.143. The van der Waals surface area contributed by atoms with Gasteiger partial charge < -0.3 is 5.11 Å². The molecular formula is C14H11N3O3. The van der Waals surface area contributed by atoms with Gasteiger partial charge in [0, 0.05) is 0 Å². The number of nitrogens with zero attached hydrogens (tertiary/aromatic N) is 3. The van der Waals surface area contributed by atoms with Crippen LogP contribution in [-0.2, 0) is 0 Å². The minimum absolute atomic E-state index is 0.359. The molecule has 2 aromatic rings. The van der Waals surface area contributed by atoms with Crippen molar-refractivity contribution in [3.8, 4) is 6.07 Å². The normalized spacial score (nSPS) is 11.6. The fourth-order valence-corrected chi connectivity index (χ4v) is 1.87. The standard InChI is InChI=1S/C14H11N3O3/c1-9-7-11(14(19)20)13(18)17(16-9)12(8-15)10-5-3-2-4-6-10/h2-7,12H,1H3,(H,19,20)/t12-/m1/s1. The van der Waals surface area contributed by atoms with E-state index < -0.39 is 23.1 Å². The number of carboxylic acids is 1. The summed E-state index contributed by atoms with van der Waals surface area (Å²) in [6.07, 6.45) is 0. The van der Waals surface area contributed by atoms with E-state index in [0.717, 1.165) is 4.68 Å². The van der Waals surface area contributed by atoms with Crippen LogP contribution in [0, 0.1) is 18.3 Å². The SMILES string of the molecule is Cc1cc(C(=O)O)c(=O)n([C@H](C#N)c2ccccc2)n1. The smallest absolute Gasteiger partial charge is 0.341 e. The summed E-state index contributed by atoms with van der Waals surface area (Å²) in [5.74, 6) is -1.33. The number of hydrogen-bond acceptors (Lipinski definition) is 4. The third-order valence-electron chi connectivity index (χ3n) is 2.77. The zero-order valence-corrected chi connectivity index (χ0v) is 10.6. The molecule has 0 aliphatic heterocycles. The minimum Gasteiger partial charge on any atom is -0.477 e.